The maximum Gasteiger partial charge on any atom is 0.263 e. The summed E-state index contributed by atoms with van der Waals surface area (Å²) in [5, 5.41) is 11.1. The predicted octanol–water partition coefficient (Wildman–Crippen LogP) is 2.46. The largest absolute Gasteiger partial charge is 0.506 e. The summed E-state index contributed by atoms with van der Waals surface area (Å²) >= 11 is 5.85. The second-order valence-corrected chi connectivity index (χ2v) is 5.14. The van der Waals surface area contributed by atoms with Gasteiger partial charge in [-0.3, -0.25) is 9.59 Å². The van der Waals surface area contributed by atoms with E-state index in [-0.39, 0.29) is 11.3 Å². The van der Waals surface area contributed by atoms with E-state index in [2.05, 4.69) is 4.98 Å². The number of rotatable bonds is 2. The number of hydrogen-bond donors (Lipinski definition) is 2. The van der Waals surface area contributed by atoms with Crippen molar-refractivity contribution in [2.75, 3.05) is 0 Å². The number of nitrogens with one attached hydrogen (secondary N) is 1. The number of carbonyl (C=O) groups is 1. The maximum absolute atomic E-state index is 12.5. The van der Waals surface area contributed by atoms with Crippen molar-refractivity contribution in [3.8, 4) is 5.75 Å². The quantitative estimate of drug-likeness (QED) is 0.714. The summed E-state index contributed by atoms with van der Waals surface area (Å²) < 4.78 is 1.59. The van der Waals surface area contributed by atoms with Gasteiger partial charge in [0.2, 0.25) is 5.78 Å². The molecule has 0 amide bonds. The molecule has 3 rings (SSSR count). The zero-order chi connectivity index (χ0) is 15.1. The lowest BCUT2D eigenvalue weighted by atomic mass is 10.1. The molecule has 0 spiro atoms. The smallest absolute Gasteiger partial charge is 0.263 e. The number of aromatic amines is 1. The summed E-state index contributed by atoms with van der Waals surface area (Å²) in [6, 6.07) is 7.95. The highest BCUT2D eigenvalue weighted by Crippen LogP contribution is 2.28. The molecule has 0 saturated heterocycles. The summed E-state index contributed by atoms with van der Waals surface area (Å²) in [5.41, 5.74) is -0.211. The Labute approximate surface area is 124 Å². The van der Waals surface area contributed by atoms with Gasteiger partial charge in [-0.15, -0.1) is 0 Å². The van der Waals surface area contributed by atoms with E-state index in [0.29, 0.717) is 21.6 Å². The van der Waals surface area contributed by atoms with E-state index >= 15 is 0 Å². The number of aryl methyl sites for hydroxylation is 1. The zero-order valence-corrected chi connectivity index (χ0v) is 11.8. The number of pyridine rings is 1. The van der Waals surface area contributed by atoms with Gasteiger partial charge in [0.05, 0.1) is 11.2 Å². The molecule has 0 saturated carbocycles. The fourth-order valence-corrected chi connectivity index (χ4v) is 2.46. The van der Waals surface area contributed by atoms with E-state index < -0.39 is 11.3 Å². The van der Waals surface area contributed by atoms with E-state index in [1.165, 1.54) is 6.07 Å². The molecule has 0 radical (unpaired) electrons. The number of H-pyrrole nitrogens is 1. The Hall–Kier alpha value is -2.53. The van der Waals surface area contributed by atoms with Gasteiger partial charge in [-0.1, -0.05) is 11.6 Å². The molecule has 0 fully saturated rings. The van der Waals surface area contributed by atoms with Gasteiger partial charge in [0.25, 0.3) is 5.56 Å². The number of carbonyl (C=O) groups excluding carboxylic acids is 1. The molecule has 6 heteroatoms. The van der Waals surface area contributed by atoms with Crippen LogP contribution in [0, 0.1) is 0 Å². The average molecular weight is 303 g/mol. The highest BCUT2D eigenvalue weighted by atomic mass is 35.5. The van der Waals surface area contributed by atoms with Crippen molar-refractivity contribution in [3.63, 3.8) is 0 Å². The molecular formula is C15H11ClN2O3. The first-order chi connectivity index (χ1) is 9.99. The first kappa shape index (κ1) is 13.5. The van der Waals surface area contributed by atoms with Crippen molar-refractivity contribution in [3.05, 3.63) is 63.2 Å². The normalized spacial score (nSPS) is 11.0. The fraction of sp³-hybridized carbons (Fsp3) is 0.0667. The number of aromatic nitrogens is 2. The average Bonchev–Trinajstić information content (AvgIpc) is 2.84. The van der Waals surface area contributed by atoms with Crippen molar-refractivity contribution < 1.29 is 9.90 Å². The minimum atomic E-state index is -0.645. The van der Waals surface area contributed by atoms with Gasteiger partial charge in [-0.2, -0.15) is 0 Å². The van der Waals surface area contributed by atoms with Crippen molar-refractivity contribution >= 4 is 28.3 Å². The number of aromatic hydroxyl groups is 1. The van der Waals surface area contributed by atoms with Crippen LogP contribution in [-0.4, -0.2) is 20.4 Å². The Kier molecular flexibility index (Phi) is 3.07. The molecule has 106 valence electrons. The topological polar surface area (TPSA) is 75.1 Å². The second kappa shape index (κ2) is 4.79. The van der Waals surface area contributed by atoms with Gasteiger partial charge in [-0.25, -0.2) is 0 Å². The summed E-state index contributed by atoms with van der Waals surface area (Å²) in [4.78, 5) is 27.2. The second-order valence-electron chi connectivity index (χ2n) is 4.70. The number of benzene rings is 1. The molecule has 0 aliphatic heterocycles. The lowest BCUT2D eigenvalue weighted by Gasteiger charge is -2.07. The fourth-order valence-electron chi connectivity index (χ4n) is 2.29. The Bertz CT molecular complexity index is 924. The van der Waals surface area contributed by atoms with E-state index in [4.69, 9.17) is 11.6 Å². The summed E-state index contributed by atoms with van der Waals surface area (Å²) in [6.45, 7) is 0. The van der Waals surface area contributed by atoms with Crippen LogP contribution in [0.1, 0.15) is 16.1 Å². The number of hydrogen-bond acceptors (Lipinski definition) is 3. The number of nitrogens with zero attached hydrogens (tertiary/aromatic N) is 1. The van der Waals surface area contributed by atoms with Crippen LogP contribution in [-0.2, 0) is 7.05 Å². The van der Waals surface area contributed by atoms with Crippen LogP contribution >= 0.6 is 11.6 Å². The van der Waals surface area contributed by atoms with Gasteiger partial charge < -0.3 is 14.7 Å². The third-order valence-corrected chi connectivity index (χ3v) is 3.59. The molecule has 21 heavy (non-hydrogen) atoms. The van der Waals surface area contributed by atoms with Gasteiger partial charge in [0.15, 0.2) is 0 Å². The van der Waals surface area contributed by atoms with Gasteiger partial charge in [-0.05, 0) is 30.3 Å². The van der Waals surface area contributed by atoms with Crippen LogP contribution in [0.25, 0.3) is 10.9 Å². The van der Waals surface area contributed by atoms with Crippen LogP contribution in [0.15, 0.2) is 41.3 Å². The van der Waals surface area contributed by atoms with Crippen molar-refractivity contribution in [1.29, 1.82) is 0 Å². The highest BCUT2D eigenvalue weighted by molar-refractivity contribution is 6.31. The molecule has 2 aromatic heterocycles. The molecule has 3 aromatic rings. The molecule has 2 N–H and O–H groups in total. The SMILES string of the molecule is Cn1cccc1C(=O)c1c(O)c2ccc(Cl)cc2[nH]c1=O. The van der Waals surface area contributed by atoms with Crippen LogP contribution in [0.5, 0.6) is 5.75 Å². The summed E-state index contributed by atoms with van der Waals surface area (Å²) in [7, 11) is 1.69. The molecule has 1 aromatic carbocycles. The van der Waals surface area contributed by atoms with Crippen molar-refractivity contribution in [1.82, 2.24) is 9.55 Å². The van der Waals surface area contributed by atoms with Crippen LogP contribution < -0.4 is 5.56 Å². The minimum Gasteiger partial charge on any atom is -0.506 e. The first-order valence-electron chi connectivity index (χ1n) is 6.19. The van der Waals surface area contributed by atoms with E-state index in [1.807, 2.05) is 0 Å². The number of fused-ring (bicyclic) bond motifs is 1. The molecule has 0 unspecified atom stereocenters. The molecule has 0 bridgehead atoms. The molecule has 0 aliphatic carbocycles. The zero-order valence-electron chi connectivity index (χ0n) is 11.1. The van der Waals surface area contributed by atoms with Crippen molar-refractivity contribution in [2.24, 2.45) is 7.05 Å². The van der Waals surface area contributed by atoms with Crippen LogP contribution in [0.4, 0.5) is 0 Å². The predicted molar refractivity (Wildman–Crippen MR) is 80.1 cm³/mol. The molecular weight excluding hydrogens is 292 g/mol. The van der Waals surface area contributed by atoms with Crippen LogP contribution in [0.2, 0.25) is 5.02 Å². The standard InChI is InChI=1S/C15H11ClN2O3/c1-18-6-2-3-11(18)14(20)12-13(19)9-5-4-8(16)7-10(9)17-15(12)21/h2-7H,1H3,(H2,17,19,21). The lowest BCUT2D eigenvalue weighted by molar-refractivity contribution is 0.102. The Morgan fingerprint density at radius 1 is 1.33 bits per heavy atom. The lowest BCUT2D eigenvalue weighted by Crippen LogP contribution is -2.20. The first-order valence-corrected chi connectivity index (χ1v) is 6.57. The van der Waals surface area contributed by atoms with Gasteiger partial charge in [0, 0.05) is 23.7 Å². The maximum atomic E-state index is 12.5. The van der Waals surface area contributed by atoms with Crippen LogP contribution in [0.3, 0.4) is 0 Å². The van der Waals surface area contributed by atoms with E-state index in [0.717, 1.165) is 0 Å². The summed E-state index contributed by atoms with van der Waals surface area (Å²) in [5.74, 6) is -0.866. The Balaban J connectivity index is 2.29. The Morgan fingerprint density at radius 2 is 2.10 bits per heavy atom. The minimum absolute atomic E-state index is 0.272. The van der Waals surface area contributed by atoms with Gasteiger partial charge in [0.1, 0.15) is 11.3 Å². The highest BCUT2D eigenvalue weighted by Gasteiger charge is 2.22. The van der Waals surface area contributed by atoms with E-state index in [9.17, 15) is 14.7 Å². The summed E-state index contributed by atoms with van der Waals surface area (Å²) in [6.07, 6.45) is 1.69. The molecule has 0 atom stereocenters. The molecule has 5 nitrogen and oxygen atoms in total. The number of halogens is 1. The van der Waals surface area contributed by atoms with Crippen molar-refractivity contribution in [2.45, 2.75) is 0 Å². The molecule has 2 heterocycles. The van der Waals surface area contributed by atoms with E-state index in [1.54, 1.807) is 42.1 Å². The Morgan fingerprint density at radius 3 is 2.76 bits per heavy atom. The number of ketones is 1. The monoisotopic (exact) mass is 302 g/mol. The third kappa shape index (κ3) is 2.11. The third-order valence-electron chi connectivity index (χ3n) is 3.35. The molecule has 0 aliphatic rings. The van der Waals surface area contributed by atoms with Gasteiger partial charge >= 0.3 is 0 Å².